The normalized spacial score (nSPS) is 10.9. The van der Waals surface area contributed by atoms with Crippen molar-refractivity contribution in [1.82, 2.24) is 5.43 Å². The number of rotatable bonds is 4. The molecule has 0 unspecified atom stereocenters. The lowest BCUT2D eigenvalue weighted by molar-refractivity contribution is 0.0955. The molecule has 1 aromatic heterocycles. The molecule has 0 fully saturated rings. The number of nitrogens with zero attached hydrogens (tertiary/aromatic N) is 1. The van der Waals surface area contributed by atoms with Gasteiger partial charge in [-0.05, 0) is 31.4 Å². The van der Waals surface area contributed by atoms with Gasteiger partial charge in [0.15, 0.2) is 0 Å². The highest BCUT2D eigenvalue weighted by Crippen LogP contribution is 2.28. The van der Waals surface area contributed by atoms with Crippen molar-refractivity contribution in [3.8, 4) is 0 Å². The van der Waals surface area contributed by atoms with Crippen LogP contribution in [0, 0.1) is 6.92 Å². The fourth-order valence-electron chi connectivity index (χ4n) is 1.63. The van der Waals surface area contributed by atoms with Crippen molar-refractivity contribution in [3.05, 3.63) is 51.4 Å². The molecule has 6 heteroatoms. The van der Waals surface area contributed by atoms with Gasteiger partial charge in [-0.15, -0.1) is 23.1 Å². The molecule has 1 N–H and O–H groups in total. The highest BCUT2D eigenvalue weighted by atomic mass is 35.5. The number of carbonyl (C=O) groups excluding carboxylic acids is 1. The monoisotopic (exact) mass is 324 g/mol. The maximum Gasteiger partial charge on any atom is 0.272 e. The number of thiophene rings is 1. The fraction of sp³-hybridized carbons (Fsp3) is 0.143. The van der Waals surface area contributed by atoms with E-state index in [9.17, 15) is 4.79 Å². The minimum Gasteiger partial charge on any atom is -0.267 e. The third-order valence-corrected chi connectivity index (χ3v) is 5.07. The molecule has 0 saturated heterocycles. The summed E-state index contributed by atoms with van der Waals surface area (Å²) in [5.41, 5.74) is 3.92. The number of hydrazone groups is 1. The molecule has 1 aromatic carbocycles. The zero-order valence-electron chi connectivity index (χ0n) is 11.0. The number of benzene rings is 1. The van der Waals surface area contributed by atoms with Crippen LogP contribution in [0.15, 0.2) is 39.6 Å². The number of thioether (sulfide) groups is 1. The summed E-state index contributed by atoms with van der Waals surface area (Å²) in [6.07, 6.45) is 3.68. The van der Waals surface area contributed by atoms with Crippen LogP contribution in [-0.2, 0) is 0 Å². The predicted octanol–water partition coefficient (Wildman–Crippen LogP) is 4.20. The molecule has 104 valence electrons. The molecule has 3 nitrogen and oxygen atoms in total. The van der Waals surface area contributed by atoms with Gasteiger partial charge >= 0.3 is 0 Å². The summed E-state index contributed by atoms with van der Waals surface area (Å²) in [7, 11) is 0. The first-order valence-electron chi connectivity index (χ1n) is 5.84. The van der Waals surface area contributed by atoms with Crippen LogP contribution in [0.3, 0.4) is 0 Å². The summed E-state index contributed by atoms with van der Waals surface area (Å²) in [4.78, 5) is 13.1. The van der Waals surface area contributed by atoms with Gasteiger partial charge in [0.05, 0.1) is 21.0 Å². The third kappa shape index (κ3) is 3.62. The predicted molar refractivity (Wildman–Crippen MR) is 87.3 cm³/mol. The molecule has 0 saturated carbocycles. The van der Waals surface area contributed by atoms with Crippen molar-refractivity contribution in [2.75, 3.05) is 6.26 Å². The quantitative estimate of drug-likeness (QED) is 0.520. The molecule has 1 amide bonds. The van der Waals surface area contributed by atoms with Crippen LogP contribution in [0.25, 0.3) is 0 Å². The Bertz CT molecular complexity index is 652. The second kappa shape index (κ2) is 6.92. The van der Waals surface area contributed by atoms with Gasteiger partial charge < -0.3 is 0 Å². The van der Waals surface area contributed by atoms with Gasteiger partial charge in [-0.25, -0.2) is 5.43 Å². The third-order valence-electron chi connectivity index (χ3n) is 2.52. The molecule has 2 rings (SSSR count). The standard InChI is InChI=1S/C14H13ClN2OS2/c1-9-7-10(14(19-2)20-9)8-16-17-13(18)11-5-3-4-6-12(11)15/h3-8H,1-2H3,(H,17,18)/b16-8+. The Balaban J connectivity index is 2.06. The highest BCUT2D eigenvalue weighted by molar-refractivity contribution is 8.00. The molecule has 1 heterocycles. The van der Waals surface area contributed by atoms with E-state index in [4.69, 9.17) is 11.6 Å². The average Bonchev–Trinajstić information content (AvgIpc) is 2.79. The number of carbonyl (C=O) groups is 1. The Hall–Kier alpha value is -1.30. The Morgan fingerprint density at radius 3 is 2.90 bits per heavy atom. The topological polar surface area (TPSA) is 41.5 Å². The van der Waals surface area contributed by atoms with Crippen LogP contribution in [0.1, 0.15) is 20.8 Å². The number of amides is 1. The van der Waals surface area contributed by atoms with Gasteiger partial charge in [-0.2, -0.15) is 5.10 Å². The molecular formula is C14H13ClN2OS2. The van der Waals surface area contributed by atoms with Crippen LogP contribution in [-0.4, -0.2) is 18.4 Å². The van der Waals surface area contributed by atoms with E-state index >= 15 is 0 Å². The van der Waals surface area contributed by atoms with E-state index in [2.05, 4.69) is 10.5 Å². The lowest BCUT2D eigenvalue weighted by Crippen LogP contribution is -2.17. The number of hydrogen-bond acceptors (Lipinski definition) is 4. The molecule has 0 aliphatic rings. The van der Waals surface area contributed by atoms with E-state index in [0.29, 0.717) is 10.6 Å². The number of halogens is 1. The highest BCUT2D eigenvalue weighted by Gasteiger charge is 2.08. The molecule has 0 spiro atoms. The van der Waals surface area contributed by atoms with Crippen LogP contribution < -0.4 is 5.43 Å². The van der Waals surface area contributed by atoms with E-state index in [-0.39, 0.29) is 5.91 Å². The fourth-order valence-corrected chi connectivity index (χ4v) is 3.63. The first kappa shape index (κ1) is 15.1. The van der Waals surface area contributed by atoms with Gasteiger partial charge in [0.2, 0.25) is 0 Å². The zero-order valence-corrected chi connectivity index (χ0v) is 13.4. The van der Waals surface area contributed by atoms with Crippen molar-refractivity contribution >= 4 is 46.8 Å². The molecular weight excluding hydrogens is 312 g/mol. The Morgan fingerprint density at radius 2 is 2.20 bits per heavy atom. The van der Waals surface area contributed by atoms with E-state index in [1.165, 1.54) is 9.09 Å². The Labute approximate surface area is 131 Å². The minimum absolute atomic E-state index is 0.315. The van der Waals surface area contributed by atoms with Gasteiger partial charge in [-0.1, -0.05) is 23.7 Å². The molecule has 0 radical (unpaired) electrons. The summed E-state index contributed by atoms with van der Waals surface area (Å²) < 4.78 is 1.18. The maximum atomic E-state index is 11.9. The van der Waals surface area contributed by atoms with Crippen LogP contribution in [0.4, 0.5) is 0 Å². The molecule has 0 bridgehead atoms. The summed E-state index contributed by atoms with van der Waals surface area (Å²) in [6.45, 7) is 2.05. The van der Waals surface area contributed by atoms with Crippen molar-refractivity contribution in [2.24, 2.45) is 5.10 Å². The van der Waals surface area contributed by atoms with Crippen molar-refractivity contribution in [1.29, 1.82) is 0 Å². The second-order valence-corrected chi connectivity index (χ2v) is 6.72. The van der Waals surface area contributed by atoms with Crippen LogP contribution in [0.5, 0.6) is 0 Å². The Kier molecular flexibility index (Phi) is 5.23. The van der Waals surface area contributed by atoms with E-state index in [1.54, 1.807) is 53.6 Å². The van der Waals surface area contributed by atoms with Crippen molar-refractivity contribution < 1.29 is 4.79 Å². The van der Waals surface area contributed by atoms with E-state index in [1.807, 2.05) is 19.2 Å². The summed E-state index contributed by atoms with van der Waals surface area (Å²) in [5, 5.41) is 4.40. The lowest BCUT2D eigenvalue weighted by atomic mass is 10.2. The lowest BCUT2D eigenvalue weighted by Gasteiger charge is -2.01. The smallest absolute Gasteiger partial charge is 0.267 e. The minimum atomic E-state index is -0.315. The molecule has 0 aliphatic heterocycles. The number of nitrogens with one attached hydrogen (secondary N) is 1. The molecule has 20 heavy (non-hydrogen) atoms. The van der Waals surface area contributed by atoms with Gasteiger partial charge in [0.1, 0.15) is 0 Å². The van der Waals surface area contributed by atoms with Gasteiger partial charge in [0.25, 0.3) is 5.91 Å². The summed E-state index contributed by atoms with van der Waals surface area (Å²) >= 11 is 9.33. The average molecular weight is 325 g/mol. The molecule has 0 atom stereocenters. The molecule has 2 aromatic rings. The van der Waals surface area contributed by atoms with Gasteiger partial charge in [-0.3, -0.25) is 4.79 Å². The van der Waals surface area contributed by atoms with E-state index in [0.717, 1.165) is 5.56 Å². The number of hydrogen-bond donors (Lipinski definition) is 1. The Morgan fingerprint density at radius 1 is 1.45 bits per heavy atom. The van der Waals surface area contributed by atoms with E-state index < -0.39 is 0 Å². The maximum absolute atomic E-state index is 11.9. The first-order chi connectivity index (χ1) is 9.61. The van der Waals surface area contributed by atoms with Gasteiger partial charge in [0, 0.05) is 10.4 Å². The van der Waals surface area contributed by atoms with Crippen molar-refractivity contribution in [2.45, 2.75) is 11.1 Å². The van der Waals surface area contributed by atoms with Crippen LogP contribution >= 0.6 is 34.7 Å². The van der Waals surface area contributed by atoms with Crippen LogP contribution in [0.2, 0.25) is 5.02 Å². The molecule has 0 aliphatic carbocycles. The summed E-state index contributed by atoms with van der Waals surface area (Å²) in [5.74, 6) is -0.315. The zero-order chi connectivity index (χ0) is 14.5. The largest absolute Gasteiger partial charge is 0.272 e. The SMILES string of the molecule is CSc1sc(C)cc1/C=N/NC(=O)c1ccccc1Cl. The summed E-state index contributed by atoms with van der Waals surface area (Å²) in [6, 6.07) is 8.92. The first-order valence-corrected chi connectivity index (χ1v) is 8.26. The second-order valence-electron chi connectivity index (χ2n) is 3.98. The number of aryl methyl sites for hydroxylation is 1. The van der Waals surface area contributed by atoms with Crippen molar-refractivity contribution in [3.63, 3.8) is 0 Å².